The van der Waals surface area contributed by atoms with Crippen LogP contribution in [0.25, 0.3) is 0 Å². The Bertz CT molecular complexity index is 585. The van der Waals surface area contributed by atoms with E-state index in [0.717, 1.165) is 11.8 Å². The van der Waals surface area contributed by atoms with Gasteiger partial charge in [0.15, 0.2) is 0 Å². The number of sulfonamides is 1. The number of nitrogens with zero attached hydrogens (tertiary/aromatic N) is 1. The fourth-order valence-corrected chi connectivity index (χ4v) is 2.81. The molecule has 0 saturated heterocycles. The monoisotopic (exact) mass is 330 g/mol. The molecule has 0 saturated carbocycles. The highest BCUT2D eigenvalue weighted by molar-refractivity contribution is 7.88. The van der Waals surface area contributed by atoms with Crippen LogP contribution >= 0.6 is 0 Å². The van der Waals surface area contributed by atoms with Crippen molar-refractivity contribution in [2.45, 2.75) is 32.7 Å². The van der Waals surface area contributed by atoms with Gasteiger partial charge in [-0.3, -0.25) is 4.79 Å². The van der Waals surface area contributed by atoms with Crippen molar-refractivity contribution in [3.8, 4) is 0 Å². The van der Waals surface area contributed by atoms with E-state index >= 15 is 0 Å². The van der Waals surface area contributed by atoms with E-state index in [2.05, 4.69) is 5.32 Å². The molecule has 7 heteroatoms. The van der Waals surface area contributed by atoms with Crippen molar-refractivity contribution in [3.63, 3.8) is 0 Å². The molecule has 0 atom stereocenters. The maximum atomic E-state index is 12.8. The topological polar surface area (TPSA) is 66.5 Å². The number of nitrogens with one attached hydrogen (secondary N) is 1. The summed E-state index contributed by atoms with van der Waals surface area (Å²) in [5.74, 6) is -0.500. The number of carbonyl (C=O) groups excluding carboxylic acids is 1. The second-order valence-electron chi connectivity index (χ2n) is 5.51. The Hall–Kier alpha value is -1.47. The van der Waals surface area contributed by atoms with Gasteiger partial charge in [0.2, 0.25) is 15.9 Å². The van der Waals surface area contributed by atoms with Crippen LogP contribution in [0.5, 0.6) is 0 Å². The summed E-state index contributed by atoms with van der Waals surface area (Å²) < 4.78 is 37.7. The lowest BCUT2D eigenvalue weighted by Crippen LogP contribution is -2.37. The van der Waals surface area contributed by atoms with Crippen molar-refractivity contribution in [1.82, 2.24) is 9.62 Å². The van der Waals surface area contributed by atoms with Gasteiger partial charge in [0.25, 0.3) is 0 Å². The summed E-state index contributed by atoms with van der Waals surface area (Å²) >= 11 is 0. The summed E-state index contributed by atoms with van der Waals surface area (Å²) in [6.45, 7) is 4.10. The quantitative estimate of drug-likeness (QED) is 0.786. The normalized spacial score (nSPS) is 11.9. The van der Waals surface area contributed by atoms with Crippen LogP contribution in [0.3, 0.4) is 0 Å². The molecule has 124 valence electrons. The summed E-state index contributed by atoms with van der Waals surface area (Å²) in [4.78, 5) is 11.6. The molecule has 1 aromatic carbocycles. The Morgan fingerprint density at radius 3 is 2.32 bits per heavy atom. The number of rotatable bonds is 8. The van der Waals surface area contributed by atoms with Gasteiger partial charge in [-0.2, -0.15) is 0 Å². The fourth-order valence-electron chi connectivity index (χ4n) is 1.97. The molecular weight excluding hydrogens is 307 g/mol. The predicted octanol–water partition coefficient (Wildman–Crippen LogP) is 1.54. The van der Waals surface area contributed by atoms with Crippen LogP contribution < -0.4 is 5.32 Å². The SMILES string of the molecule is CC(C)NC(=O)CCN(CCc1ccc(F)cc1)S(C)(=O)=O. The Balaban J connectivity index is 2.58. The zero-order chi connectivity index (χ0) is 16.8. The second kappa shape index (κ2) is 8.24. The van der Waals surface area contributed by atoms with E-state index in [-0.39, 0.29) is 37.3 Å². The fraction of sp³-hybridized carbons (Fsp3) is 0.533. The highest BCUT2D eigenvalue weighted by Crippen LogP contribution is 2.07. The van der Waals surface area contributed by atoms with Gasteiger partial charge in [0.05, 0.1) is 6.26 Å². The molecular formula is C15H23FN2O3S. The van der Waals surface area contributed by atoms with Gasteiger partial charge in [-0.25, -0.2) is 17.1 Å². The summed E-state index contributed by atoms with van der Waals surface area (Å²) in [5, 5.41) is 2.73. The summed E-state index contributed by atoms with van der Waals surface area (Å²) in [6.07, 6.45) is 1.71. The third-order valence-electron chi connectivity index (χ3n) is 3.07. The van der Waals surface area contributed by atoms with E-state index in [1.54, 1.807) is 12.1 Å². The van der Waals surface area contributed by atoms with Crippen LogP contribution in [-0.4, -0.2) is 44.0 Å². The van der Waals surface area contributed by atoms with E-state index in [0.29, 0.717) is 6.42 Å². The van der Waals surface area contributed by atoms with E-state index in [1.165, 1.54) is 16.4 Å². The number of benzene rings is 1. The van der Waals surface area contributed by atoms with Gasteiger partial charge in [-0.05, 0) is 38.0 Å². The predicted molar refractivity (Wildman–Crippen MR) is 84.4 cm³/mol. The van der Waals surface area contributed by atoms with E-state index in [1.807, 2.05) is 13.8 Å². The van der Waals surface area contributed by atoms with Crippen molar-refractivity contribution in [2.75, 3.05) is 19.3 Å². The summed E-state index contributed by atoms with van der Waals surface area (Å²) in [6, 6.07) is 5.97. The van der Waals surface area contributed by atoms with Gasteiger partial charge in [0, 0.05) is 25.6 Å². The molecule has 0 aliphatic carbocycles. The first-order valence-corrected chi connectivity index (χ1v) is 9.02. The molecule has 1 amide bonds. The minimum Gasteiger partial charge on any atom is -0.354 e. The first-order valence-electron chi connectivity index (χ1n) is 7.17. The first kappa shape index (κ1) is 18.6. The molecule has 0 bridgehead atoms. The molecule has 1 N–H and O–H groups in total. The number of hydrogen-bond donors (Lipinski definition) is 1. The van der Waals surface area contributed by atoms with Crippen LogP contribution in [0, 0.1) is 5.82 Å². The Kier molecular flexibility index (Phi) is 6.96. The average Bonchev–Trinajstić information content (AvgIpc) is 2.38. The first-order chi connectivity index (χ1) is 10.2. The van der Waals surface area contributed by atoms with Crippen LogP contribution in [-0.2, 0) is 21.2 Å². The van der Waals surface area contributed by atoms with Gasteiger partial charge in [-0.15, -0.1) is 0 Å². The van der Waals surface area contributed by atoms with Crippen molar-refractivity contribution in [1.29, 1.82) is 0 Å². The lowest BCUT2D eigenvalue weighted by Gasteiger charge is -2.20. The standard InChI is InChI=1S/C15H23FN2O3S/c1-12(2)17-15(19)9-11-18(22(3,20)21)10-8-13-4-6-14(16)7-5-13/h4-7,12H,8-11H2,1-3H3,(H,17,19). The molecule has 0 spiro atoms. The molecule has 0 aliphatic heterocycles. The second-order valence-corrected chi connectivity index (χ2v) is 7.49. The Labute approximate surface area is 131 Å². The zero-order valence-electron chi connectivity index (χ0n) is 13.2. The molecule has 5 nitrogen and oxygen atoms in total. The summed E-state index contributed by atoms with van der Waals surface area (Å²) in [7, 11) is -3.39. The van der Waals surface area contributed by atoms with Gasteiger partial charge >= 0.3 is 0 Å². The molecule has 22 heavy (non-hydrogen) atoms. The Morgan fingerprint density at radius 1 is 1.23 bits per heavy atom. The van der Waals surface area contributed by atoms with Crippen LogP contribution in [0.4, 0.5) is 4.39 Å². The van der Waals surface area contributed by atoms with Gasteiger partial charge in [0.1, 0.15) is 5.82 Å². The van der Waals surface area contributed by atoms with E-state index in [4.69, 9.17) is 0 Å². The molecule has 0 fully saturated rings. The van der Waals surface area contributed by atoms with Crippen LogP contribution in [0.2, 0.25) is 0 Å². The van der Waals surface area contributed by atoms with Crippen molar-refractivity contribution in [3.05, 3.63) is 35.6 Å². The van der Waals surface area contributed by atoms with Crippen molar-refractivity contribution >= 4 is 15.9 Å². The van der Waals surface area contributed by atoms with Gasteiger partial charge in [-0.1, -0.05) is 12.1 Å². The molecule has 0 unspecified atom stereocenters. The Morgan fingerprint density at radius 2 is 1.82 bits per heavy atom. The molecule has 0 aliphatic rings. The molecule has 0 radical (unpaired) electrons. The summed E-state index contributed by atoms with van der Waals surface area (Å²) in [5.41, 5.74) is 0.849. The number of halogens is 1. The molecule has 1 aromatic rings. The maximum absolute atomic E-state index is 12.8. The third kappa shape index (κ3) is 7.00. The molecule has 0 heterocycles. The highest BCUT2D eigenvalue weighted by atomic mass is 32.2. The molecule has 0 aromatic heterocycles. The zero-order valence-corrected chi connectivity index (χ0v) is 14.0. The van der Waals surface area contributed by atoms with Gasteiger partial charge < -0.3 is 5.32 Å². The molecule has 1 rings (SSSR count). The largest absolute Gasteiger partial charge is 0.354 e. The van der Waals surface area contributed by atoms with Crippen LogP contribution in [0.15, 0.2) is 24.3 Å². The van der Waals surface area contributed by atoms with Crippen molar-refractivity contribution in [2.24, 2.45) is 0 Å². The minimum absolute atomic E-state index is 0.0263. The number of carbonyl (C=O) groups is 1. The highest BCUT2D eigenvalue weighted by Gasteiger charge is 2.17. The lowest BCUT2D eigenvalue weighted by molar-refractivity contribution is -0.121. The third-order valence-corrected chi connectivity index (χ3v) is 4.37. The van der Waals surface area contributed by atoms with E-state index < -0.39 is 10.0 Å². The average molecular weight is 330 g/mol. The van der Waals surface area contributed by atoms with Crippen LogP contribution in [0.1, 0.15) is 25.8 Å². The van der Waals surface area contributed by atoms with Crippen molar-refractivity contribution < 1.29 is 17.6 Å². The minimum atomic E-state index is -3.39. The smallest absolute Gasteiger partial charge is 0.221 e. The van der Waals surface area contributed by atoms with E-state index in [9.17, 15) is 17.6 Å². The lowest BCUT2D eigenvalue weighted by atomic mass is 10.1. The maximum Gasteiger partial charge on any atom is 0.221 e. The number of amides is 1. The number of hydrogen-bond acceptors (Lipinski definition) is 3.